The van der Waals surface area contributed by atoms with Gasteiger partial charge in [0.1, 0.15) is 0 Å². The number of ether oxygens (including phenoxy) is 1. The van der Waals surface area contributed by atoms with Gasteiger partial charge in [0, 0.05) is 19.6 Å². The van der Waals surface area contributed by atoms with E-state index in [-0.39, 0.29) is 6.54 Å². The van der Waals surface area contributed by atoms with Gasteiger partial charge >= 0.3 is 12.0 Å². The van der Waals surface area contributed by atoms with Crippen LogP contribution >= 0.6 is 0 Å². The van der Waals surface area contributed by atoms with Gasteiger partial charge in [0.15, 0.2) is 0 Å². The second kappa shape index (κ2) is 8.20. The fourth-order valence-electron chi connectivity index (χ4n) is 2.68. The molecule has 1 aliphatic heterocycles. The van der Waals surface area contributed by atoms with E-state index in [2.05, 4.69) is 15.5 Å². The van der Waals surface area contributed by atoms with Crippen LogP contribution in [0.3, 0.4) is 0 Å². The van der Waals surface area contributed by atoms with Gasteiger partial charge in [-0.2, -0.15) is 0 Å². The molecule has 1 aromatic rings. The summed E-state index contributed by atoms with van der Waals surface area (Å²) >= 11 is 0. The van der Waals surface area contributed by atoms with Crippen molar-refractivity contribution in [3.8, 4) is 0 Å². The quantitative estimate of drug-likeness (QED) is 0.686. The molecule has 2 amide bonds. The van der Waals surface area contributed by atoms with Gasteiger partial charge in [-0.3, -0.25) is 0 Å². The number of methoxy groups -OCH3 is 1. The molecule has 1 heterocycles. The number of anilines is 2. The van der Waals surface area contributed by atoms with Gasteiger partial charge in [-0.1, -0.05) is 6.92 Å². The Morgan fingerprint density at radius 1 is 1.32 bits per heavy atom. The number of hydrogen-bond donors (Lipinski definition) is 3. The summed E-state index contributed by atoms with van der Waals surface area (Å²) in [5, 5.41) is 15.5. The SMILES string of the molecule is CCC(C)(O)CNC(=O)Nc1cc(C(=O)OC)ccc1N1CCCC1. The molecule has 0 aromatic heterocycles. The normalized spacial score (nSPS) is 16.2. The van der Waals surface area contributed by atoms with Crippen LogP contribution in [0.2, 0.25) is 0 Å². The predicted octanol–water partition coefficient (Wildman–Crippen LogP) is 2.36. The van der Waals surface area contributed by atoms with E-state index in [0.29, 0.717) is 17.7 Å². The third-order valence-corrected chi connectivity index (χ3v) is 4.50. The Kier molecular flexibility index (Phi) is 6.25. The second-order valence-electron chi connectivity index (χ2n) is 6.58. The minimum absolute atomic E-state index is 0.144. The summed E-state index contributed by atoms with van der Waals surface area (Å²) in [5.41, 5.74) is 0.852. The van der Waals surface area contributed by atoms with Crippen LogP contribution < -0.4 is 15.5 Å². The number of benzene rings is 1. The van der Waals surface area contributed by atoms with E-state index in [1.165, 1.54) is 7.11 Å². The highest BCUT2D eigenvalue weighted by atomic mass is 16.5. The standard InChI is InChI=1S/C18H27N3O4/c1-4-18(2,24)12-19-17(23)20-14-11-13(16(22)25-3)7-8-15(14)21-9-5-6-10-21/h7-8,11,24H,4-6,9-10,12H2,1-3H3,(H2,19,20,23). The summed E-state index contributed by atoms with van der Waals surface area (Å²) in [6, 6.07) is 4.73. The maximum Gasteiger partial charge on any atom is 0.337 e. The largest absolute Gasteiger partial charge is 0.465 e. The molecular weight excluding hydrogens is 322 g/mol. The molecular formula is C18H27N3O4. The molecule has 0 saturated carbocycles. The summed E-state index contributed by atoms with van der Waals surface area (Å²) < 4.78 is 4.75. The van der Waals surface area contributed by atoms with Crippen LogP contribution in [0.4, 0.5) is 16.2 Å². The van der Waals surface area contributed by atoms with Gasteiger partial charge in [0.25, 0.3) is 0 Å². The molecule has 0 spiro atoms. The van der Waals surface area contributed by atoms with Crippen molar-refractivity contribution in [1.82, 2.24) is 5.32 Å². The molecule has 138 valence electrons. The van der Waals surface area contributed by atoms with Crippen molar-refractivity contribution < 1.29 is 19.4 Å². The zero-order valence-electron chi connectivity index (χ0n) is 15.1. The molecule has 25 heavy (non-hydrogen) atoms. The van der Waals surface area contributed by atoms with E-state index in [1.807, 2.05) is 13.0 Å². The Balaban J connectivity index is 2.17. The molecule has 0 bridgehead atoms. The van der Waals surface area contributed by atoms with Crippen LogP contribution in [0.25, 0.3) is 0 Å². The Bertz CT molecular complexity index is 625. The third-order valence-electron chi connectivity index (χ3n) is 4.50. The van der Waals surface area contributed by atoms with Crippen LogP contribution in [0, 0.1) is 0 Å². The molecule has 7 heteroatoms. The molecule has 1 saturated heterocycles. The number of rotatable bonds is 6. The number of nitrogens with one attached hydrogen (secondary N) is 2. The van der Waals surface area contributed by atoms with Crippen molar-refractivity contribution in [3.05, 3.63) is 23.8 Å². The number of carbonyl (C=O) groups excluding carboxylic acids is 2. The van der Waals surface area contributed by atoms with Crippen molar-refractivity contribution in [3.63, 3.8) is 0 Å². The number of nitrogens with zero attached hydrogens (tertiary/aromatic N) is 1. The monoisotopic (exact) mass is 349 g/mol. The molecule has 1 atom stereocenters. The molecule has 2 rings (SSSR count). The Hall–Kier alpha value is -2.28. The number of esters is 1. The highest BCUT2D eigenvalue weighted by Crippen LogP contribution is 2.30. The lowest BCUT2D eigenvalue weighted by molar-refractivity contribution is 0.0585. The highest BCUT2D eigenvalue weighted by molar-refractivity contribution is 5.97. The van der Waals surface area contributed by atoms with Gasteiger partial charge < -0.3 is 25.4 Å². The van der Waals surface area contributed by atoms with Gasteiger partial charge in [-0.25, -0.2) is 9.59 Å². The van der Waals surface area contributed by atoms with E-state index in [1.54, 1.807) is 19.1 Å². The average Bonchev–Trinajstić information content (AvgIpc) is 3.13. The molecule has 1 unspecified atom stereocenters. The smallest absolute Gasteiger partial charge is 0.337 e. The van der Waals surface area contributed by atoms with Crippen LogP contribution in [0.1, 0.15) is 43.5 Å². The number of aliphatic hydroxyl groups is 1. The van der Waals surface area contributed by atoms with Gasteiger partial charge in [0.05, 0.1) is 29.6 Å². The zero-order chi connectivity index (χ0) is 18.4. The minimum atomic E-state index is -0.955. The number of hydrogen-bond acceptors (Lipinski definition) is 5. The second-order valence-corrected chi connectivity index (χ2v) is 6.58. The maximum atomic E-state index is 12.2. The first-order valence-electron chi connectivity index (χ1n) is 8.61. The number of carbonyl (C=O) groups is 2. The first-order chi connectivity index (χ1) is 11.9. The minimum Gasteiger partial charge on any atom is -0.465 e. The van der Waals surface area contributed by atoms with E-state index in [4.69, 9.17) is 4.74 Å². The lowest BCUT2D eigenvalue weighted by Crippen LogP contribution is -2.42. The molecule has 1 fully saturated rings. The first kappa shape index (κ1) is 19.1. The van der Waals surface area contributed by atoms with E-state index in [0.717, 1.165) is 31.6 Å². The summed E-state index contributed by atoms with van der Waals surface area (Å²) in [5.74, 6) is -0.453. The van der Waals surface area contributed by atoms with Crippen LogP contribution in [-0.4, -0.2) is 49.5 Å². The average molecular weight is 349 g/mol. The first-order valence-corrected chi connectivity index (χ1v) is 8.61. The van der Waals surface area contributed by atoms with Gasteiger partial charge in [-0.05, 0) is 44.4 Å². The van der Waals surface area contributed by atoms with Crippen LogP contribution in [-0.2, 0) is 4.74 Å². The molecule has 7 nitrogen and oxygen atoms in total. The van der Waals surface area contributed by atoms with Crippen molar-refractivity contribution >= 4 is 23.4 Å². The Labute approximate surface area is 148 Å². The molecule has 3 N–H and O–H groups in total. The van der Waals surface area contributed by atoms with Crippen molar-refractivity contribution in [2.45, 2.75) is 38.7 Å². The van der Waals surface area contributed by atoms with E-state index < -0.39 is 17.6 Å². The third kappa shape index (κ3) is 5.09. The molecule has 1 aromatic carbocycles. The summed E-state index contributed by atoms with van der Waals surface area (Å²) in [6.45, 7) is 5.49. The predicted molar refractivity (Wildman–Crippen MR) is 97.2 cm³/mol. The highest BCUT2D eigenvalue weighted by Gasteiger charge is 2.21. The fourth-order valence-corrected chi connectivity index (χ4v) is 2.68. The van der Waals surface area contributed by atoms with E-state index >= 15 is 0 Å². The molecule has 1 aliphatic rings. The molecule has 0 aliphatic carbocycles. The van der Waals surface area contributed by atoms with E-state index in [9.17, 15) is 14.7 Å². The lowest BCUT2D eigenvalue weighted by atomic mass is 10.0. The Morgan fingerprint density at radius 2 is 2.00 bits per heavy atom. The van der Waals surface area contributed by atoms with Crippen molar-refractivity contribution in [2.24, 2.45) is 0 Å². The lowest BCUT2D eigenvalue weighted by Gasteiger charge is -2.24. The Morgan fingerprint density at radius 3 is 2.60 bits per heavy atom. The fraction of sp³-hybridized carbons (Fsp3) is 0.556. The maximum absolute atomic E-state index is 12.2. The molecule has 0 radical (unpaired) electrons. The summed E-state index contributed by atoms with van der Waals surface area (Å²) in [7, 11) is 1.32. The topological polar surface area (TPSA) is 90.9 Å². The van der Waals surface area contributed by atoms with Gasteiger partial charge in [0.2, 0.25) is 0 Å². The van der Waals surface area contributed by atoms with Crippen LogP contribution in [0.5, 0.6) is 0 Å². The number of amides is 2. The van der Waals surface area contributed by atoms with Crippen LogP contribution in [0.15, 0.2) is 18.2 Å². The number of urea groups is 1. The van der Waals surface area contributed by atoms with Crippen molar-refractivity contribution in [1.29, 1.82) is 0 Å². The van der Waals surface area contributed by atoms with Gasteiger partial charge in [-0.15, -0.1) is 0 Å². The summed E-state index contributed by atoms with van der Waals surface area (Å²) in [6.07, 6.45) is 2.73. The zero-order valence-corrected chi connectivity index (χ0v) is 15.1. The summed E-state index contributed by atoms with van der Waals surface area (Å²) in [4.78, 5) is 26.2. The van der Waals surface area contributed by atoms with Crippen molar-refractivity contribution in [2.75, 3.05) is 37.0 Å².